The van der Waals surface area contributed by atoms with Gasteiger partial charge in [-0.3, -0.25) is 9.59 Å². The van der Waals surface area contributed by atoms with Gasteiger partial charge in [-0.05, 0) is 38.3 Å². The van der Waals surface area contributed by atoms with Crippen molar-refractivity contribution in [1.29, 1.82) is 0 Å². The summed E-state index contributed by atoms with van der Waals surface area (Å²) in [7, 11) is 0. The molecule has 2 fully saturated rings. The largest absolute Gasteiger partial charge is 0.329 e. The molecule has 0 bridgehead atoms. The molecule has 2 amide bonds. The van der Waals surface area contributed by atoms with Crippen LogP contribution in [0.3, 0.4) is 0 Å². The molecule has 20 heavy (non-hydrogen) atoms. The molecule has 0 aliphatic carbocycles. The number of amides is 2. The monoisotopic (exact) mass is 276 g/mol. The van der Waals surface area contributed by atoms with E-state index in [4.69, 9.17) is 0 Å². The lowest BCUT2D eigenvalue weighted by Gasteiger charge is -2.43. The standard InChI is InChI=1S/C15H17FN2O2/c1-10-11(16)5-4-7-12(10)18-9-14(19)17-8-3-2-6-13(17)15(18)20/h4-5,7,13H,2-3,6,8-9H2,1H3. The third-order valence-electron chi connectivity index (χ3n) is 4.20. The van der Waals surface area contributed by atoms with Crippen LogP contribution in [0.1, 0.15) is 24.8 Å². The van der Waals surface area contributed by atoms with E-state index >= 15 is 0 Å². The summed E-state index contributed by atoms with van der Waals surface area (Å²) >= 11 is 0. The number of fused-ring (bicyclic) bond motifs is 1. The van der Waals surface area contributed by atoms with Crippen LogP contribution in [-0.4, -0.2) is 35.8 Å². The van der Waals surface area contributed by atoms with E-state index in [1.807, 2.05) is 0 Å². The van der Waals surface area contributed by atoms with Crippen LogP contribution < -0.4 is 4.90 Å². The van der Waals surface area contributed by atoms with E-state index in [0.717, 1.165) is 12.8 Å². The van der Waals surface area contributed by atoms with Crippen molar-refractivity contribution in [3.63, 3.8) is 0 Å². The maximum atomic E-state index is 13.7. The Morgan fingerprint density at radius 2 is 2.05 bits per heavy atom. The molecule has 106 valence electrons. The molecule has 0 saturated carbocycles. The van der Waals surface area contributed by atoms with Crippen LogP contribution in [0.5, 0.6) is 0 Å². The van der Waals surface area contributed by atoms with Gasteiger partial charge in [0, 0.05) is 12.1 Å². The molecule has 2 saturated heterocycles. The SMILES string of the molecule is Cc1c(F)cccc1N1CC(=O)N2CCCCC2C1=O. The van der Waals surface area contributed by atoms with Gasteiger partial charge in [-0.1, -0.05) is 6.07 Å². The van der Waals surface area contributed by atoms with Crippen LogP contribution in [0.2, 0.25) is 0 Å². The van der Waals surface area contributed by atoms with Gasteiger partial charge in [0.15, 0.2) is 0 Å². The lowest BCUT2D eigenvalue weighted by Crippen LogP contribution is -2.61. The molecule has 5 heteroatoms. The predicted octanol–water partition coefficient (Wildman–Crippen LogP) is 1.86. The smallest absolute Gasteiger partial charge is 0.250 e. The Hall–Kier alpha value is -1.91. The second-order valence-electron chi connectivity index (χ2n) is 5.41. The molecule has 2 heterocycles. The number of piperidine rings is 1. The molecule has 3 rings (SSSR count). The number of anilines is 1. The molecule has 1 unspecified atom stereocenters. The minimum absolute atomic E-state index is 0.0135. The summed E-state index contributed by atoms with van der Waals surface area (Å²) in [6.45, 7) is 2.31. The zero-order chi connectivity index (χ0) is 14.3. The Labute approximate surface area is 117 Å². The summed E-state index contributed by atoms with van der Waals surface area (Å²) in [6, 6.07) is 4.26. The van der Waals surface area contributed by atoms with Gasteiger partial charge >= 0.3 is 0 Å². The Morgan fingerprint density at radius 3 is 2.85 bits per heavy atom. The van der Waals surface area contributed by atoms with Gasteiger partial charge in [-0.15, -0.1) is 0 Å². The van der Waals surface area contributed by atoms with Crippen LogP contribution in [0, 0.1) is 12.7 Å². The fourth-order valence-electron chi connectivity index (χ4n) is 3.06. The van der Waals surface area contributed by atoms with Gasteiger partial charge in [0.1, 0.15) is 18.4 Å². The quantitative estimate of drug-likeness (QED) is 0.785. The molecular weight excluding hydrogens is 259 g/mol. The van der Waals surface area contributed by atoms with E-state index < -0.39 is 0 Å². The van der Waals surface area contributed by atoms with Crippen molar-refractivity contribution < 1.29 is 14.0 Å². The summed E-state index contributed by atoms with van der Waals surface area (Å²) in [4.78, 5) is 27.9. The van der Waals surface area contributed by atoms with Crippen molar-refractivity contribution >= 4 is 17.5 Å². The number of nitrogens with zero attached hydrogens (tertiary/aromatic N) is 2. The maximum absolute atomic E-state index is 13.7. The first-order valence-corrected chi connectivity index (χ1v) is 6.95. The van der Waals surface area contributed by atoms with Crippen molar-refractivity contribution in [2.75, 3.05) is 18.0 Å². The Morgan fingerprint density at radius 1 is 1.25 bits per heavy atom. The van der Waals surface area contributed by atoms with Gasteiger partial charge in [0.25, 0.3) is 0 Å². The third kappa shape index (κ3) is 1.97. The molecule has 2 aliphatic rings. The van der Waals surface area contributed by atoms with Gasteiger partial charge in [0.2, 0.25) is 11.8 Å². The molecule has 0 N–H and O–H groups in total. The number of carbonyl (C=O) groups excluding carboxylic acids is 2. The van der Waals surface area contributed by atoms with Gasteiger partial charge in [0.05, 0.1) is 5.69 Å². The highest BCUT2D eigenvalue weighted by molar-refractivity contribution is 6.07. The number of hydrogen-bond donors (Lipinski definition) is 0. The van der Waals surface area contributed by atoms with Crippen LogP contribution in [0.25, 0.3) is 0 Å². The van der Waals surface area contributed by atoms with Gasteiger partial charge in [-0.2, -0.15) is 0 Å². The first kappa shape index (κ1) is 13.1. The normalized spacial score (nSPS) is 23.0. The molecule has 0 aromatic heterocycles. The average molecular weight is 276 g/mol. The maximum Gasteiger partial charge on any atom is 0.250 e. The number of benzene rings is 1. The summed E-state index contributed by atoms with van der Waals surface area (Å²) in [5, 5.41) is 0. The molecule has 1 aromatic rings. The molecular formula is C15H17FN2O2. The number of carbonyl (C=O) groups is 2. The Kier molecular flexibility index (Phi) is 3.20. The molecule has 4 nitrogen and oxygen atoms in total. The van der Waals surface area contributed by atoms with E-state index in [1.54, 1.807) is 24.0 Å². The fraction of sp³-hybridized carbons (Fsp3) is 0.467. The summed E-state index contributed by atoms with van der Waals surface area (Å²) < 4.78 is 13.7. The number of hydrogen-bond acceptors (Lipinski definition) is 2. The second kappa shape index (κ2) is 4.89. The van der Waals surface area contributed by atoms with E-state index in [9.17, 15) is 14.0 Å². The van der Waals surface area contributed by atoms with Crippen LogP contribution in [0.15, 0.2) is 18.2 Å². The first-order valence-electron chi connectivity index (χ1n) is 6.95. The lowest BCUT2D eigenvalue weighted by molar-refractivity contribution is -0.144. The Balaban J connectivity index is 1.96. The summed E-state index contributed by atoms with van der Waals surface area (Å²) in [5.74, 6) is -0.482. The molecule has 0 spiro atoms. The van der Waals surface area contributed by atoms with Crippen LogP contribution in [0.4, 0.5) is 10.1 Å². The number of piperazine rings is 1. The lowest BCUT2D eigenvalue weighted by atomic mass is 9.97. The predicted molar refractivity (Wildman–Crippen MR) is 72.8 cm³/mol. The molecule has 0 radical (unpaired) electrons. The van der Waals surface area contributed by atoms with E-state index in [1.165, 1.54) is 11.0 Å². The van der Waals surface area contributed by atoms with Gasteiger partial charge < -0.3 is 9.80 Å². The highest BCUT2D eigenvalue weighted by Crippen LogP contribution is 2.29. The van der Waals surface area contributed by atoms with Crippen molar-refractivity contribution in [2.24, 2.45) is 0 Å². The molecule has 1 aromatic carbocycles. The third-order valence-corrected chi connectivity index (χ3v) is 4.20. The topological polar surface area (TPSA) is 40.6 Å². The highest BCUT2D eigenvalue weighted by Gasteiger charge is 2.41. The average Bonchev–Trinajstić information content (AvgIpc) is 2.46. The minimum Gasteiger partial charge on any atom is -0.329 e. The second-order valence-corrected chi connectivity index (χ2v) is 5.41. The van der Waals surface area contributed by atoms with Crippen molar-refractivity contribution in [3.05, 3.63) is 29.6 Å². The fourth-order valence-corrected chi connectivity index (χ4v) is 3.06. The zero-order valence-electron chi connectivity index (χ0n) is 11.4. The zero-order valence-corrected chi connectivity index (χ0v) is 11.4. The van der Waals surface area contributed by atoms with Crippen LogP contribution >= 0.6 is 0 Å². The summed E-state index contributed by atoms with van der Waals surface area (Å²) in [5.41, 5.74) is 0.923. The number of rotatable bonds is 1. The van der Waals surface area contributed by atoms with E-state index in [0.29, 0.717) is 24.2 Å². The summed E-state index contributed by atoms with van der Waals surface area (Å²) in [6.07, 6.45) is 2.61. The Bertz CT molecular complexity index is 573. The molecule has 2 aliphatic heterocycles. The molecule has 1 atom stereocenters. The van der Waals surface area contributed by atoms with E-state index in [2.05, 4.69) is 0 Å². The van der Waals surface area contributed by atoms with Gasteiger partial charge in [-0.25, -0.2) is 4.39 Å². The van der Waals surface area contributed by atoms with E-state index in [-0.39, 0.29) is 30.2 Å². The van der Waals surface area contributed by atoms with Crippen LogP contribution in [-0.2, 0) is 9.59 Å². The van der Waals surface area contributed by atoms with Crippen molar-refractivity contribution in [3.8, 4) is 0 Å². The minimum atomic E-state index is -0.368. The first-order chi connectivity index (χ1) is 9.59. The number of halogens is 1. The highest BCUT2D eigenvalue weighted by atomic mass is 19.1. The van der Waals surface area contributed by atoms with Crippen molar-refractivity contribution in [1.82, 2.24) is 4.90 Å². The van der Waals surface area contributed by atoms with Crippen molar-refractivity contribution in [2.45, 2.75) is 32.2 Å².